The summed E-state index contributed by atoms with van der Waals surface area (Å²) in [6.45, 7) is 4.92. The number of ether oxygens (including phenoxy) is 1. The normalized spacial score (nSPS) is 17.5. The van der Waals surface area contributed by atoms with E-state index < -0.39 is 17.7 Å². The molecule has 0 saturated carbocycles. The van der Waals surface area contributed by atoms with Crippen molar-refractivity contribution in [1.82, 2.24) is 19.4 Å². The predicted molar refractivity (Wildman–Crippen MR) is 157 cm³/mol. The van der Waals surface area contributed by atoms with Gasteiger partial charge in [0.25, 0.3) is 0 Å². The van der Waals surface area contributed by atoms with Gasteiger partial charge < -0.3 is 14.5 Å². The minimum absolute atomic E-state index is 0.00944. The smallest absolute Gasteiger partial charge is 0.314 e. The Bertz CT molecular complexity index is 1630. The molecule has 1 fully saturated rings. The van der Waals surface area contributed by atoms with Crippen LogP contribution in [-0.4, -0.2) is 57.5 Å². The minimum Gasteiger partial charge on any atom is -0.443 e. The van der Waals surface area contributed by atoms with Gasteiger partial charge in [-0.3, -0.25) is 14.2 Å². The quantitative estimate of drug-likeness (QED) is 0.272. The summed E-state index contributed by atoms with van der Waals surface area (Å²) >= 11 is 0. The molecule has 3 heterocycles. The van der Waals surface area contributed by atoms with Gasteiger partial charge in [-0.15, -0.1) is 0 Å². The number of amides is 1. The number of nitrogens with zero attached hydrogens (tertiary/aromatic N) is 6. The predicted octanol–water partition coefficient (Wildman–Crippen LogP) is 5.13. The van der Waals surface area contributed by atoms with E-state index in [-0.39, 0.29) is 25.1 Å². The lowest BCUT2D eigenvalue weighted by atomic mass is 9.92. The second-order valence-corrected chi connectivity index (χ2v) is 10.8. The molecule has 0 bridgehead atoms. The Morgan fingerprint density at radius 2 is 1.98 bits per heavy atom. The number of likely N-dealkylation sites (tertiary alicyclic amines) is 1. The highest BCUT2D eigenvalue weighted by Gasteiger charge is 2.32. The number of aromatic nitrogens is 3. The molecule has 9 nitrogen and oxygen atoms in total. The van der Waals surface area contributed by atoms with Gasteiger partial charge in [-0.05, 0) is 42.5 Å². The molecule has 1 amide bonds. The maximum atomic E-state index is 14.9. The summed E-state index contributed by atoms with van der Waals surface area (Å²) in [5.74, 6) is -0.683. The molecule has 42 heavy (non-hydrogen) atoms. The van der Waals surface area contributed by atoms with E-state index in [2.05, 4.69) is 21.8 Å². The molecule has 216 valence electrons. The molecule has 10 heteroatoms. The molecule has 1 aliphatic heterocycles. The van der Waals surface area contributed by atoms with Crippen LogP contribution in [0.4, 0.5) is 10.2 Å². The number of anilines is 1. The fourth-order valence-electron chi connectivity index (χ4n) is 5.54. The van der Waals surface area contributed by atoms with Gasteiger partial charge in [-0.25, -0.2) is 14.4 Å². The summed E-state index contributed by atoms with van der Waals surface area (Å²) < 4.78 is 22.2. The zero-order chi connectivity index (χ0) is 29.8. The molecule has 3 atom stereocenters. The SMILES string of the molecule is CC(C(=O)OCn1ccc2c(N(C)[C@H]3CN(C(=O)CC#N)CC[C@H]3C)ncnc21)c1ccc(-c2ccccc2)c(F)c1. The Morgan fingerprint density at radius 1 is 1.19 bits per heavy atom. The number of hydrogen-bond donors (Lipinski definition) is 0. The first-order valence-electron chi connectivity index (χ1n) is 14.0. The first kappa shape index (κ1) is 28.7. The van der Waals surface area contributed by atoms with Crippen LogP contribution in [0.15, 0.2) is 67.1 Å². The van der Waals surface area contributed by atoms with Crippen molar-refractivity contribution in [2.45, 2.75) is 45.4 Å². The molecular weight excluding hydrogens is 535 g/mol. The third kappa shape index (κ3) is 5.81. The Labute approximate surface area is 244 Å². The van der Waals surface area contributed by atoms with Gasteiger partial charge in [0.1, 0.15) is 30.0 Å². The first-order chi connectivity index (χ1) is 20.3. The van der Waals surface area contributed by atoms with E-state index in [4.69, 9.17) is 10.00 Å². The van der Waals surface area contributed by atoms with Crippen molar-refractivity contribution in [1.29, 1.82) is 5.26 Å². The number of carbonyl (C=O) groups excluding carboxylic acids is 2. The molecule has 2 aromatic carbocycles. The van der Waals surface area contributed by atoms with Crippen LogP contribution >= 0.6 is 0 Å². The van der Waals surface area contributed by atoms with Crippen LogP contribution in [0.2, 0.25) is 0 Å². The summed E-state index contributed by atoms with van der Waals surface area (Å²) in [5.41, 5.74) is 2.38. The Balaban J connectivity index is 1.28. The largest absolute Gasteiger partial charge is 0.443 e. The van der Waals surface area contributed by atoms with Crippen molar-refractivity contribution >= 4 is 28.7 Å². The molecule has 0 spiro atoms. The molecular formula is C32H33FN6O3. The molecule has 0 radical (unpaired) electrons. The minimum atomic E-state index is -0.665. The van der Waals surface area contributed by atoms with Gasteiger partial charge in [0.2, 0.25) is 5.91 Å². The standard InChI is InChI=1S/C32H33FN6O3/c1-21-12-15-38(29(40)11-14-34)18-28(21)37(3)30-26-13-16-39(31(26)36-19-35-30)20-42-32(41)22(2)24-9-10-25(27(33)17-24)23-7-5-4-6-8-23/h4-10,13,16-17,19,21-22,28H,11-12,15,18,20H2,1-3H3/t21-,22?,28+/m1/s1. The van der Waals surface area contributed by atoms with E-state index >= 15 is 0 Å². The average molecular weight is 569 g/mol. The van der Waals surface area contributed by atoms with Crippen molar-refractivity contribution in [3.8, 4) is 17.2 Å². The van der Waals surface area contributed by atoms with Crippen molar-refractivity contribution in [2.75, 3.05) is 25.0 Å². The second-order valence-electron chi connectivity index (χ2n) is 10.8. The fourth-order valence-corrected chi connectivity index (χ4v) is 5.54. The number of piperidine rings is 1. The van der Waals surface area contributed by atoms with Crippen LogP contribution in [0.5, 0.6) is 0 Å². The number of carbonyl (C=O) groups is 2. The Hall–Kier alpha value is -4.78. The number of esters is 1. The summed E-state index contributed by atoms with van der Waals surface area (Å²) in [6, 6.07) is 17.9. The van der Waals surface area contributed by atoms with Crippen molar-refractivity contribution in [2.24, 2.45) is 5.92 Å². The summed E-state index contributed by atoms with van der Waals surface area (Å²) in [4.78, 5) is 38.1. The van der Waals surface area contributed by atoms with Gasteiger partial charge in [0, 0.05) is 31.9 Å². The van der Waals surface area contributed by atoms with Crippen LogP contribution in [0.25, 0.3) is 22.2 Å². The fraction of sp³-hybridized carbons (Fsp3) is 0.344. The number of rotatable bonds is 8. The van der Waals surface area contributed by atoms with Crippen LogP contribution in [0, 0.1) is 23.1 Å². The Morgan fingerprint density at radius 3 is 2.71 bits per heavy atom. The van der Waals surface area contributed by atoms with Crippen LogP contribution in [0.3, 0.4) is 0 Å². The monoisotopic (exact) mass is 568 g/mol. The van der Waals surface area contributed by atoms with E-state index in [0.717, 1.165) is 17.4 Å². The van der Waals surface area contributed by atoms with Gasteiger partial charge >= 0.3 is 5.97 Å². The van der Waals surface area contributed by atoms with E-state index in [9.17, 15) is 14.0 Å². The number of hydrogen-bond acceptors (Lipinski definition) is 7. The zero-order valence-corrected chi connectivity index (χ0v) is 23.9. The molecule has 1 saturated heterocycles. The Kier molecular flexibility index (Phi) is 8.48. The highest BCUT2D eigenvalue weighted by atomic mass is 19.1. The van der Waals surface area contributed by atoms with E-state index in [1.807, 2.05) is 49.5 Å². The maximum Gasteiger partial charge on any atom is 0.314 e. The number of fused-ring (bicyclic) bond motifs is 1. The van der Waals surface area contributed by atoms with Gasteiger partial charge in [-0.1, -0.05) is 49.4 Å². The van der Waals surface area contributed by atoms with Crippen LogP contribution < -0.4 is 4.90 Å². The molecule has 0 aliphatic carbocycles. The summed E-state index contributed by atoms with van der Waals surface area (Å²) in [6.07, 6.45) is 3.96. The zero-order valence-electron chi connectivity index (χ0n) is 23.9. The number of nitriles is 1. The second kappa shape index (κ2) is 12.4. The van der Waals surface area contributed by atoms with E-state index in [0.29, 0.717) is 41.6 Å². The summed E-state index contributed by atoms with van der Waals surface area (Å²) in [5, 5.41) is 9.73. The maximum absolute atomic E-state index is 14.9. The third-order valence-electron chi connectivity index (χ3n) is 8.15. The number of benzene rings is 2. The highest BCUT2D eigenvalue weighted by Crippen LogP contribution is 2.30. The molecule has 4 aromatic rings. The third-order valence-corrected chi connectivity index (χ3v) is 8.15. The van der Waals surface area contributed by atoms with E-state index in [1.165, 1.54) is 12.4 Å². The van der Waals surface area contributed by atoms with Crippen LogP contribution in [-0.2, 0) is 21.1 Å². The summed E-state index contributed by atoms with van der Waals surface area (Å²) in [7, 11) is 1.95. The lowest BCUT2D eigenvalue weighted by molar-refractivity contribution is -0.148. The van der Waals surface area contributed by atoms with Crippen LogP contribution in [0.1, 0.15) is 38.2 Å². The van der Waals surface area contributed by atoms with E-state index in [1.54, 1.807) is 34.7 Å². The topological polar surface area (TPSA) is 104 Å². The molecule has 0 N–H and O–H groups in total. The molecule has 5 rings (SSSR count). The molecule has 1 aliphatic rings. The lowest BCUT2D eigenvalue weighted by Gasteiger charge is -2.42. The number of halogens is 1. The van der Waals surface area contributed by atoms with Gasteiger partial charge in [0.15, 0.2) is 6.73 Å². The molecule has 1 unspecified atom stereocenters. The first-order valence-corrected chi connectivity index (χ1v) is 14.0. The number of likely N-dealkylation sites (N-methyl/N-ethyl adjacent to an activating group) is 1. The molecule has 2 aromatic heterocycles. The van der Waals surface area contributed by atoms with Gasteiger partial charge in [-0.2, -0.15) is 5.26 Å². The van der Waals surface area contributed by atoms with Crippen molar-refractivity contribution in [3.05, 3.63) is 78.5 Å². The van der Waals surface area contributed by atoms with Crippen molar-refractivity contribution < 1.29 is 18.7 Å². The highest BCUT2D eigenvalue weighted by molar-refractivity contribution is 5.88. The van der Waals surface area contributed by atoms with Crippen molar-refractivity contribution in [3.63, 3.8) is 0 Å². The average Bonchev–Trinajstić information content (AvgIpc) is 3.43. The lowest BCUT2D eigenvalue weighted by Crippen LogP contribution is -2.52. The van der Waals surface area contributed by atoms with Gasteiger partial charge in [0.05, 0.1) is 23.4 Å².